The zero-order chi connectivity index (χ0) is 32.8. The van der Waals surface area contributed by atoms with Crippen LogP contribution in [-0.2, 0) is 9.47 Å². The molecule has 4 aromatic rings. The van der Waals surface area contributed by atoms with Crippen molar-refractivity contribution in [2.24, 2.45) is 10.7 Å². The van der Waals surface area contributed by atoms with Crippen LogP contribution < -0.4 is 27.4 Å². The van der Waals surface area contributed by atoms with Gasteiger partial charge in [0.2, 0.25) is 0 Å². The van der Waals surface area contributed by atoms with Crippen molar-refractivity contribution in [2.45, 2.75) is 43.8 Å². The fraction of sp³-hybridized carbons (Fsp3) is 0.379. The number of phenolic OH excluding ortho intramolecular Hbond substituents is 1. The number of amides is 2. The van der Waals surface area contributed by atoms with E-state index in [1.54, 1.807) is 24.3 Å². The summed E-state index contributed by atoms with van der Waals surface area (Å²) in [7, 11) is 1.26. The van der Waals surface area contributed by atoms with Crippen molar-refractivity contribution < 1.29 is 34.4 Å². The van der Waals surface area contributed by atoms with Crippen LogP contribution in [0.3, 0.4) is 0 Å². The number of carbonyl (C=O) groups is 2. The Balaban J connectivity index is 0.992. The molecule has 17 nitrogen and oxygen atoms in total. The smallest absolute Gasteiger partial charge is 0.338 e. The van der Waals surface area contributed by atoms with Gasteiger partial charge in [0, 0.05) is 30.7 Å². The van der Waals surface area contributed by atoms with E-state index in [1.165, 1.54) is 30.4 Å². The minimum atomic E-state index is -1.20. The van der Waals surface area contributed by atoms with E-state index >= 15 is 0 Å². The van der Waals surface area contributed by atoms with Crippen molar-refractivity contribution in [3.63, 3.8) is 0 Å². The summed E-state index contributed by atoms with van der Waals surface area (Å²) in [6, 6.07) is 7.48. The number of aromatic hydroxyl groups is 1. The first-order chi connectivity index (χ1) is 22.2. The molecule has 4 atom stereocenters. The SMILES string of the molecule is COC(=O)c1cc(O)c2cc(NC(=O)NCCCCN=C(N)NCC[C@H]3O[C@@H](n4cnc5c(N)ncnc54)[C@H](O)[C@@H]3O)ccc2c1. The molecule has 2 amide bonds. The number of nitrogen functional groups attached to an aromatic ring is 1. The van der Waals surface area contributed by atoms with Crippen LogP contribution in [0.2, 0.25) is 0 Å². The molecule has 0 bridgehead atoms. The van der Waals surface area contributed by atoms with Gasteiger partial charge in [-0.15, -0.1) is 0 Å². The number of methoxy groups -OCH3 is 1. The highest BCUT2D eigenvalue weighted by atomic mass is 16.6. The summed E-state index contributed by atoms with van der Waals surface area (Å²) in [5.74, 6) is -0.233. The van der Waals surface area contributed by atoms with Crippen molar-refractivity contribution in [2.75, 3.05) is 37.8 Å². The molecular weight excluding hydrogens is 600 g/mol. The van der Waals surface area contributed by atoms with Crippen molar-refractivity contribution >= 4 is 51.4 Å². The Kier molecular flexibility index (Phi) is 9.94. The molecule has 0 unspecified atom stereocenters. The number of aromatic nitrogens is 4. The Morgan fingerprint density at radius 2 is 1.91 bits per heavy atom. The van der Waals surface area contributed by atoms with E-state index in [1.807, 2.05) is 0 Å². The summed E-state index contributed by atoms with van der Waals surface area (Å²) in [5, 5.41) is 41.0. The molecule has 1 saturated heterocycles. The molecule has 0 saturated carbocycles. The van der Waals surface area contributed by atoms with Crippen LogP contribution in [0.5, 0.6) is 5.75 Å². The fourth-order valence-electron chi connectivity index (χ4n) is 5.12. The largest absolute Gasteiger partial charge is 0.507 e. The number of phenols is 1. The molecular formula is C29H36N10O7. The number of anilines is 2. The first-order valence-electron chi connectivity index (χ1n) is 14.5. The summed E-state index contributed by atoms with van der Waals surface area (Å²) < 4.78 is 12.1. The minimum absolute atomic E-state index is 0.102. The molecule has 0 aliphatic carbocycles. The molecule has 0 spiro atoms. The normalized spacial score (nSPS) is 19.8. The first-order valence-corrected chi connectivity index (χ1v) is 14.5. The fourth-order valence-corrected chi connectivity index (χ4v) is 5.12. The zero-order valence-corrected chi connectivity index (χ0v) is 25.0. The quantitative estimate of drug-likeness (QED) is 0.0485. The number of rotatable bonds is 11. The predicted octanol–water partition coefficient (Wildman–Crippen LogP) is 0.569. The lowest BCUT2D eigenvalue weighted by Gasteiger charge is -2.16. The number of fused-ring (bicyclic) bond motifs is 2. The van der Waals surface area contributed by atoms with E-state index in [0.29, 0.717) is 66.5 Å². The van der Waals surface area contributed by atoms with Gasteiger partial charge in [-0.1, -0.05) is 6.07 Å². The van der Waals surface area contributed by atoms with Crippen LogP contribution >= 0.6 is 0 Å². The number of hydrogen-bond donors (Lipinski definition) is 8. The number of hydrogen-bond acceptors (Lipinski definition) is 12. The third kappa shape index (κ3) is 7.17. The molecule has 2 aromatic carbocycles. The summed E-state index contributed by atoms with van der Waals surface area (Å²) >= 11 is 0. The van der Waals surface area contributed by atoms with Gasteiger partial charge in [-0.2, -0.15) is 0 Å². The summed E-state index contributed by atoms with van der Waals surface area (Å²) in [6.07, 6.45) is 0.478. The standard InChI is InChI=1S/C29H36N10O7/c1-45-27(43)16-10-15-4-5-17(12-18(15)19(40)11-16)38-29(44)34-8-3-2-7-32-28(31)33-9-6-20-22(41)23(42)26(46-20)39-14-37-21-24(30)35-13-36-25(21)39/h4-5,10-14,20,22-23,26,40-42H,2-3,6-9H2,1H3,(H2,30,35,36)(H3,31,32,33)(H2,34,38,44)/t20-,22-,23-,26-/m1/s1. The number of nitrogens with one attached hydrogen (secondary N) is 3. The van der Waals surface area contributed by atoms with E-state index in [2.05, 4.69) is 35.9 Å². The summed E-state index contributed by atoms with van der Waals surface area (Å²) in [5.41, 5.74) is 13.3. The number of benzene rings is 2. The molecule has 0 radical (unpaired) electrons. The maximum Gasteiger partial charge on any atom is 0.338 e. The number of aliphatic imine (C=N–C) groups is 1. The van der Waals surface area contributed by atoms with Gasteiger partial charge in [0.1, 0.15) is 29.8 Å². The third-order valence-corrected chi connectivity index (χ3v) is 7.50. The Labute approximate surface area is 262 Å². The second kappa shape index (κ2) is 14.2. The first kappa shape index (κ1) is 32.1. The lowest BCUT2D eigenvalue weighted by Crippen LogP contribution is -2.37. The Morgan fingerprint density at radius 3 is 2.72 bits per heavy atom. The number of carbonyl (C=O) groups excluding carboxylic acids is 2. The van der Waals surface area contributed by atoms with Crippen molar-refractivity contribution in [3.8, 4) is 5.75 Å². The molecule has 1 aliphatic rings. The molecule has 10 N–H and O–H groups in total. The topological polar surface area (TPSA) is 257 Å². The number of esters is 1. The van der Waals surface area contributed by atoms with E-state index in [4.69, 9.17) is 20.9 Å². The number of aliphatic hydroxyl groups is 2. The van der Waals surface area contributed by atoms with Gasteiger partial charge in [-0.3, -0.25) is 9.56 Å². The van der Waals surface area contributed by atoms with Gasteiger partial charge in [-0.25, -0.2) is 24.5 Å². The average molecular weight is 637 g/mol. The number of ether oxygens (including phenoxy) is 2. The number of unbranched alkanes of at least 4 members (excludes halogenated alkanes) is 1. The van der Waals surface area contributed by atoms with Crippen LogP contribution in [0.1, 0.15) is 35.8 Å². The van der Waals surface area contributed by atoms with Crippen LogP contribution in [0.25, 0.3) is 21.9 Å². The Hall–Kier alpha value is -5.26. The number of nitrogens with zero attached hydrogens (tertiary/aromatic N) is 5. The number of nitrogens with two attached hydrogens (primary N) is 2. The van der Waals surface area contributed by atoms with Gasteiger partial charge < -0.3 is 52.2 Å². The van der Waals surface area contributed by atoms with Gasteiger partial charge in [0.15, 0.2) is 23.7 Å². The Bertz CT molecular complexity index is 1750. The summed E-state index contributed by atoms with van der Waals surface area (Å²) in [4.78, 5) is 40.6. The molecule has 1 aliphatic heterocycles. The van der Waals surface area contributed by atoms with E-state index in [9.17, 15) is 24.9 Å². The van der Waals surface area contributed by atoms with Crippen LogP contribution in [0.15, 0.2) is 48.0 Å². The van der Waals surface area contributed by atoms with Crippen LogP contribution in [0.4, 0.5) is 16.3 Å². The molecule has 17 heteroatoms. The summed E-state index contributed by atoms with van der Waals surface area (Å²) in [6.45, 7) is 1.18. The van der Waals surface area contributed by atoms with E-state index in [-0.39, 0.29) is 23.1 Å². The highest BCUT2D eigenvalue weighted by Crippen LogP contribution is 2.33. The highest BCUT2D eigenvalue weighted by Gasteiger charge is 2.44. The second-order valence-corrected chi connectivity index (χ2v) is 10.6. The molecule has 5 rings (SSSR count). The highest BCUT2D eigenvalue weighted by molar-refractivity contribution is 6.00. The maximum absolute atomic E-state index is 12.3. The number of aliphatic hydroxyl groups excluding tert-OH is 2. The molecule has 244 valence electrons. The van der Waals surface area contributed by atoms with Crippen molar-refractivity contribution in [3.05, 3.63) is 48.5 Å². The van der Waals surface area contributed by atoms with Crippen LogP contribution in [0, 0.1) is 0 Å². The van der Waals surface area contributed by atoms with E-state index in [0.717, 1.165) is 0 Å². The van der Waals surface area contributed by atoms with Gasteiger partial charge in [-0.05, 0) is 48.9 Å². The van der Waals surface area contributed by atoms with E-state index < -0.39 is 36.5 Å². The van der Waals surface area contributed by atoms with Crippen molar-refractivity contribution in [1.29, 1.82) is 0 Å². The molecule has 1 fully saturated rings. The predicted molar refractivity (Wildman–Crippen MR) is 168 cm³/mol. The van der Waals surface area contributed by atoms with Crippen LogP contribution in [-0.4, -0.2) is 97.9 Å². The van der Waals surface area contributed by atoms with Gasteiger partial charge >= 0.3 is 12.0 Å². The minimum Gasteiger partial charge on any atom is -0.507 e. The Morgan fingerprint density at radius 1 is 1.09 bits per heavy atom. The van der Waals surface area contributed by atoms with Crippen molar-refractivity contribution in [1.82, 2.24) is 30.2 Å². The number of guanidine groups is 1. The lowest BCUT2D eigenvalue weighted by molar-refractivity contribution is -0.0364. The lowest BCUT2D eigenvalue weighted by atomic mass is 10.0. The molecule has 46 heavy (non-hydrogen) atoms. The number of imidazole rings is 1. The maximum atomic E-state index is 12.3. The molecule has 2 aromatic heterocycles. The van der Waals surface area contributed by atoms with Gasteiger partial charge in [0.25, 0.3) is 0 Å². The monoisotopic (exact) mass is 636 g/mol. The van der Waals surface area contributed by atoms with Gasteiger partial charge in [0.05, 0.1) is 25.1 Å². The zero-order valence-electron chi connectivity index (χ0n) is 25.0. The molecule has 3 heterocycles. The average Bonchev–Trinajstić information content (AvgIpc) is 3.59. The number of urea groups is 1. The third-order valence-electron chi connectivity index (χ3n) is 7.50. The second-order valence-electron chi connectivity index (χ2n) is 10.6.